The number of piperazine rings is 1. The summed E-state index contributed by atoms with van der Waals surface area (Å²) in [6.45, 7) is 3.48. The Balaban J connectivity index is 1.40. The van der Waals surface area contributed by atoms with Crippen LogP contribution in [0.25, 0.3) is 10.9 Å². The lowest BCUT2D eigenvalue weighted by Gasteiger charge is -2.35. The SMILES string of the molecule is Cc1cnc2c(S(=O)(=O)N3CCN(CC(=O)N(C)C4CCS(=O)(=O)C4)CC3)cccc2c1. The van der Waals surface area contributed by atoms with Crippen molar-refractivity contribution in [1.82, 2.24) is 19.1 Å². The molecule has 2 aromatic rings. The Hall–Kier alpha value is -2.08. The fourth-order valence-corrected chi connectivity index (χ4v) is 7.67. The number of carbonyl (C=O) groups excluding carboxylic acids is 1. The molecule has 4 rings (SSSR count). The van der Waals surface area contributed by atoms with Crippen molar-refractivity contribution in [2.24, 2.45) is 0 Å². The van der Waals surface area contributed by atoms with Gasteiger partial charge in [-0.1, -0.05) is 12.1 Å². The van der Waals surface area contributed by atoms with Crippen LogP contribution in [0.5, 0.6) is 0 Å². The fourth-order valence-electron chi connectivity index (χ4n) is 4.31. The lowest BCUT2D eigenvalue weighted by atomic mass is 10.2. The normalized spacial score (nSPS) is 22.2. The highest BCUT2D eigenvalue weighted by molar-refractivity contribution is 7.91. The molecule has 0 saturated carbocycles. The van der Waals surface area contributed by atoms with E-state index in [9.17, 15) is 21.6 Å². The lowest BCUT2D eigenvalue weighted by molar-refractivity contribution is -0.133. The van der Waals surface area contributed by atoms with Crippen molar-refractivity contribution in [3.8, 4) is 0 Å². The second-order valence-electron chi connectivity index (χ2n) is 8.58. The van der Waals surface area contributed by atoms with E-state index in [1.165, 1.54) is 9.21 Å². The van der Waals surface area contributed by atoms with Crippen LogP contribution in [0.4, 0.5) is 0 Å². The molecule has 0 bridgehead atoms. The molecule has 1 amide bonds. The molecule has 2 aliphatic rings. The highest BCUT2D eigenvalue weighted by Crippen LogP contribution is 2.25. The van der Waals surface area contributed by atoms with E-state index in [2.05, 4.69) is 4.98 Å². The van der Waals surface area contributed by atoms with Gasteiger partial charge in [-0.2, -0.15) is 4.31 Å². The van der Waals surface area contributed by atoms with E-state index >= 15 is 0 Å². The number of nitrogens with zero attached hydrogens (tertiary/aromatic N) is 4. The van der Waals surface area contributed by atoms with Gasteiger partial charge in [-0.3, -0.25) is 14.7 Å². The Kier molecular flexibility index (Phi) is 6.27. The van der Waals surface area contributed by atoms with Crippen molar-refractivity contribution >= 4 is 36.7 Å². The minimum Gasteiger partial charge on any atom is -0.341 e. The van der Waals surface area contributed by atoms with Crippen LogP contribution in [-0.4, -0.2) is 99.2 Å². The summed E-state index contributed by atoms with van der Waals surface area (Å²) in [5, 5.41) is 0.785. The van der Waals surface area contributed by atoms with E-state index in [0.717, 1.165) is 10.9 Å². The number of carbonyl (C=O) groups is 1. The molecule has 2 fully saturated rings. The van der Waals surface area contributed by atoms with E-state index in [1.54, 1.807) is 25.4 Å². The van der Waals surface area contributed by atoms with Crippen LogP contribution in [0.3, 0.4) is 0 Å². The summed E-state index contributed by atoms with van der Waals surface area (Å²) in [4.78, 5) is 20.6. The number of aryl methyl sites for hydroxylation is 1. The van der Waals surface area contributed by atoms with Crippen LogP contribution >= 0.6 is 0 Å². The molecule has 0 radical (unpaired) electrons. The van der Waals surface area contributed by atoms with E-state index in [-0.39, 0.29) is 48.0 Å². The van der Waals surface area contributed by atoms with Gasteiger partial charge in [0.1, 0.15) is 4.90 Å². The molecule has 1 aromatic carbocycles. The zero-order chi connectivity index (χ0) is 23.1. The molecule has 2 aliphatic heterocycles. The molecule has 2 saturated heterocycles. The number of likely N-dealkylation sites (N-methyl/N-ethyl adjacent to an activating group) is 1. The molecule has 9 nitrogen and oxygen atoms in total. The first-order chi connectivity index (χ1) is 15.1. The third-order valence-electron chi connectivity index (χ3n) is 6.27. The van der Waals surface area contributed by atoms with Gasteiger partial charge in [0.05, 0.1) is 23.6 Å². The number of sulfone groups is 1. The predicted molar refractivity (Wildman–Crippen MR) is 122 cm³/mol. The number of amides is 1. The van der Waals surface area contributed by atoms with E-state index in [1.807, 2.05) is 24.0 Å². The third kappa shape index (κ3) is 4.66. The van der Waals surface area contributed by atoms with Crippen molar-refractivity contribution in [2.75, 3.05) is 51.3 Å². The molecular formula is C21H28N4O5S2. The standard InChI is InChI=1S/C21H28N4O5S2/c1-16-12-17-4-3-5-19(21(17)22-13-16)32(29,30)25-9-7-24(8-10-25)14-20(26)23(2)18-6-11-31(27,28)15-18/h3-5,12-13,18H,6-11,14-15H2,1-2H3. The fraction of sp³-hybridized carbons (Fsp3) is 0.524. The maximum absolute atomic E-state index is 13.3. The maximum atomic E-state index is 13.3. The number of pyridine rings is 1. The van der Waals surface area contributed by atoms with Crippen LogP contribution in [-0.2, 0) is 24.7 Å². The van der Waals surface area contributed by atoms with Crippen LogP contribution < -0.4 is 0 Å². The average molecular weight is 481 g/mol. The number of fused-ring (bicyclic) bond motifs is 1. The summed E-state index contributed by atoms with van der Waals surface area (Å²) in [6, 6.07) is 6.79. The van der Waals surface area contributed by atoms with Crippen molar-refractivity contribution < 1.29 is 21.6 Å². The Morgan fingerprint density at radius 1 is 1.22 bits per heavy atom. The minimum absolute atomic E-state index is 0.0137. The monoisotopic (exact) mass is 480 g/mol. The number of benzene rings is 1. The zero-order valence-electron chi connectivity index (χ0n) is 18.3. The van der Waals surface area contributed by atoms with Gasteiger partial charge in [-0.25, -0.2) is 16.8 Å². The highest BCUT2D eigenvalue weighted by atomic mass is 32.2. The van der Waals surface area contributed by atoms with Gasteiger partial charge >= 0.3 is 0 Å². The number of sulfonamides is 1. The Bertz CT molecular complexity index is 1240. The Morgan fingerprint density at radius 3 is 2.59 bits per heavy atom. The smallest absolute Gasteiger partial charge is 0.245 e. The largest absolute Gasteiger partial charge is 0.341 e. The highest BCUT2D eigenvalue weighted by Gasteiger charge is 2.34. The quantitative estimate of drug-likeness (QED) is 0.613. The molecule has 11 heteroatoms. The van der Waals surface area contributed by atoms with Gasteiger partial charge in [0.25, 0.3) is 0 Å². The van der Waals surface area contributed by atoms with Crippen LogP contribution in [0.15, 0.2) is 35.4 Å². The van der Waals surface area contributed by atoms with Gasteiger partial charge in [0.15, 0.2) is 9.84 Å². The summed E-state index contributed by atoms with van der Waals surface area (Å²) in [6.07, 6.45) is 2.13. The van der Waals surface area contributed by atoms with Crippen molar-refractivity contribution in [3.05, 3.63) is 36.0 Å². The van der Waals surface area contributed by atoms with E-state index in [4.69, 9.17) is 0 Å². The second kappa shape index (κ2) is 8.69. The van der Waals surface area contributed by atoms with Crippen molar-refractivity contribution in [2.45, 2.75) is 24.3 Å². The molecule has 1 atom stereocenters. The molecule has 174 valence electrons. The Morgan fingerprint density at radius 2 is 1.94 bits per heavy atom. The zero-order valence-corrected chi connectivity index (χ0v) is 19.9. The molecule has 3 heterocycles. The number of para-hydroxylation sites is 1. The van der Waals surface area contributed by atoms with Crippen molar-refractivity contribution in [3.63, 3.8) is 0 Å². The van der Waals surface area contributed by atoms with Crippen LogP contribution in [0, 0.1) is 6.92 Å². The summed E-state index contributed by atoms with van der Waals surface area (Å²) in [7, 11) is -5.13. The molecule has 1 aromatic heterocycles. The average Bonchev–Trinajstić information content (AvgIpc) is 3.12. The summed E-state index contributed by atoms with van der Waals surface area (Å²) in [5.74, 6) is -0.00844. The van der Waals surface area contributed by atoms with Gasteiger partial charge in [-0.05, 0) is 31.0 Å². The van der Waals surface area contributed by atoms with Gasteiger partial charge < -0.3 is 4.90 Å². The topological polar surface area (TPSA) is 108 Å². The Labute approximate surface area is 189 Å². The second-order valence-corrected chi connectivity index (χ2v) is 12.7. The summed E-state index contributed by atoms with van der Waals surface area (Å²) < 4.78 is 51.4. The van der Waals surface area contributed by atoms with E-state index < -0.39 is 19.9 Å². The predicted octanol–water partition coefficient (Wildman–Crippen LogP) is 0.495. The molecule has 0 aliphatic carbocycles. The first-order valence-electron chi connectivity index (χ1n) is 10.6. The third-order valence-corrected chi connectivity index (χ3v) is 9.95. The van der Waals surface area contributed by atoms with Gasteiger partial charge in [0.2, 0.25) is 15.9 Å². The maximum Gasteiger partial charge on any atom is 0.245 e. The summed E-state index contributed by atoms with van der Waals surface area (Å²) >= 11 is 0. The van der Waals surface area contributed by atoms with Crippen molar-refractivity contribution in [1.29, 1.82) is 0 Å². The number of hydrogen-bond donors (Lipinski definition) is 0. The van der Waals surface area contributed by atoms with Crippen LogP contribution in [0.1, 0.15) is 12.0 Å². The molecule has 32 heavy (non-hydrogen) atoms. The molecule has 0 N–H and O–H groups in total. The molecule has 1 unspecified atom stereocenters. The van der Waals surface area contributed by atoms with Crippen LogP contribution in [0.2, 0.25) is 0 Å². The van der Waals surface area contributed by atoms with E-state index in [0.29, 0.717) is 25.0 Å². The molecule has 0 spiro atoms. The summed E-state index contributed by atoms with van der Waals surface area (Å²) in [5.41, 5.74) is 1.43. The van der Waals surface area contributed by atoms with Gasteiger partial charge in [-0.15, -0.1) is 0 Å². The number of hydrogen-bond acceptors (Lipinski definition) is 7. The minimum atomic E-state index is -3.71. The lowest BCUT2D eigenvalue weighted by Crippen LogP contribution is -2.52. The van der Waals surface area contributed by atoms with Gasteiger partial charge in [0, 0.05) is 50.9 Å². The molecular weight excluding hydrogens is 452 g/mol. The first-order valence-corrected chi connectivity index (χ1v) is 13.9. The number of aromatic nitrogens is 1. The number of rotatable bonds is 5. The first kappa shape index (κ1) is 23.1.